The number of aromatic amines is 1. The lowest BCUT2D eigenvalue weighted by Gasteiger charge is -2.36. The predicted molar refractivity (Wildman–Crippen MR) is 125 cm³/mol. The highest BCUT2D eigenvalue weighted by Crippen LogP contribution is 2.37. The zero-order chi connectivity index (χ0) is 24.3. The van der Waals surface area contributed by atoms with Gasteiger partial charge in [0.1, 0.15) is 6.10 Å². The van der Waals surface area contributed by atoms with Crippen molar-refractivity contribution in [3.8, 4) is 5.75 Å². The van der Waals surface area contributed by atoms with E-state index in [9.17, 15) is 23.1 Å². The Labute approximate surface area is 197 Å². The van der Waals surface area contributed by atoms with Crippen molar-refractivity contribution in [2.24, 2.45) is 0 Å². The van der Waals surface area contributed by atoms with Gasteiger partial charge in [-0.1, -0.05) is 60.7 Å². The van der Waals surface area contributed by atoms with E-state index in [1.54, 1.807) is 0 Å². The Bertz CT molecular complexity index is 1270. The van der Waals surface area contributed by atoms with Crippen molar-refractivity contribution in [3.63, 3.8) is 0 Å². The van der Waals surface area contributed by atoms with Gasteiger partial charge in [0.15, 0.2) is 11.4 Å². The van der Waals surface area contributed by atoms with Crippen LogP contribution in [-0.2, 0) is 14.3 Å². The summed E-state index contributed by atoms with van der Waals surface area (Å²) >= 11 is 0. The lowest BCUT2D eigenvalue weighted by Crippen LogP contribution is -2.47. The average molecular weight is 484 g/mol. The van der Waals surface area contributed by atoms with Crippen LogP contribution in [0.25, 0.3) is 0 Å². The average Bonchev–Trinajstić information content (AvgIpc) is 3.30. The molecule has 1 aliphatic heterocycles. The molecule has 1 amide bonds. The predicted octanol–water partition coefficient (Wildman–Crippen LogP) is 2.26. The number of nitrogens with one attached hydrogen (secondary N) is 1. The molecule has 178 valence electrons. The summed E-state index contributed by atoms with van der Waals surface area (Å²) in [5.74, 6) is -1.88. The van der Waals surface area contributed by atoms with E-state index in [4.69, 9.17) is 4.18 Å². The minimum atomic E-state index is -3.91. The number of aromatic nitrogens is 2. The number of carbonyl (C=O) groups is 1. The van der Waals surface area contributed by atoms with Crippen LogP contribution < -0.4 is 5.43 Å². The van der Waals surface area contributed by atoms with Gasteiger partial charge in [-0.05, 0) is 24.0 Å². The van der Waals surface area contributed by atoms with Gasteiger partial charge in [-0.25, -0.2) is 0 Å². The minimum Gasteiger partial charge on any atom is -0.502 e. The third-order valence-corrected chi connectivity index (χ3v) is 6.49. The molecular formula is C24H25N3O6S. The number of hydrogen-bond acceptors (Lipinski definition) is 7. The second kappa shape index (κ2) is 9.78. The Hall–Kier alpha value is -3.50. The number of rotatable bonds is 7. The van der Waals surface area contributed by atoms with E-state index in [0.717, 1.165) is 23.6 Å². The maximum absolute atomic E-state index is 13.3. The fourth-order valence-electron chi connectivity index (χ4n) is 4.51. The van der Waals surface area contributed by atoms with E-state index in [-0.39, 0.29) is 5.69 Å². The summed E-state index contributed by atoms with van der Waals surface area (Å²) in [4.78, 5) is 26.6. The molecule has 2 aromatic carbocycles. The molecule has 0 bridgehead atoms. The Morgan fingerprint density at radius 2 is 1.71 bits per heavy atom. The van der Waals surface area contributed by atoms with E-state index in [2.05, 4.69) is 10.2 Å². The molecule has 1 fully saturated rings. The summed E-state index contributed by atoms with van der Waals surface area (Å²) in [7, 11) is -3.91. The molecular weight excluding hydrogens is 458 g/mol. The highest BCUT2D eigenvalue weighted by molar-refractivity contribution is 7.86. The van der Waals surface area contributed by atoms with Crippen LogP contribution in [-0.4, -0.2) is 59.5 Å². The summed E-state index contributed by atoms with van der Waals surface area (Å²) < 4.78 is 30.5. The molecule has 2 atom stereocenters. The first-order chi connectivity index (χ1) is 16.3. The number of nitrogens with zero attached hydrogens (tertiary/aromatic N) is 2. The quantitative estimate of drug-likeness (QED) is 0.493. The summed E-state index contributed by atoms with van der Waals surface area (Å²) in [6, 6.07) is 18.1. The van der Waals surface area contributed by atoms with Gasteiger partial charge in [-0.3, -0.25) is 18.9 Å². The van der Waals surface area contributed by atoms with Gasteiger partial charge in [-0.15, -0.1) is 0 Å². The second-order valence-corrected chi connectivity index (χ2v) is 9.83. The Morgan fingerprint density at radius 1 is 1.12 bits per heavy atom. The van der Waals surface area contributed by atoms with Crippen LogP contribution in [0.15, 0.2) is 71.7 Å². The standard InChI is InChI=1S/C24H25N3O6S/c1-34(31,32)33-23(20(16-9-4-2-5-10-16)17-11-6-3-7-12-17)18-13-8-14-27(18)24(30)21-22(29)19(28)15-25-26-21/h2-7,9-12,15,18,20,23H,8,13-14H2,1H3,(H,25,29)(H,26,28)/t18-,23?/m1/s1. The molecule has 0 spiro atoms. The van der Waals surface area contributed by atoms with Gasteiger partial charge in [0.25, 0.3) is 16.0 Å². The van der Waals surface area contributed by atoms with E-state index in [0.29, 0.717) is 19.4 Å². The van der Waals surface area contributed by atoms with Gasteiger partial charge in [0, 0.05) is 12.5 Å². The number of aromatic hydroxyl groups is 1. The lowest BCUT2D eigenvalue weighted by atomic mass is 9.83. The van der Waals surface area contributed by atoms with Crippen LogP contribution in [0.2, 0.25) is 0 Å². The zero-order valence-electron chi connectivity index (χ0n) is 18.5. The third-order valence-electron chi connectivity index (χ3n) is 5.91. The van der Waals surface area contributed by atoms with Crippen molar-refractivity contribution >= 4 is 16.0 Å². The van der Waals surface area contributed by atoms with Gasteiger partial charge in [-0.2, -0.15) is 13.5 Å². The molecule has 3 aromatic rings. The molecule has 1 aromatic heterocycles. The second-order valence-electron chi connectivity index (χ2n) is 8.23. The maximum Gasteiger partial charge on any atom is 0.276 e. The first-order valence-electron chi connectivity index (χ1n) is 10.8. The molecule has 34 heavy (non-hydrogen) atoms. The van der Waals surface area contributed by atoms with Crippen molar-refractivity contribution in [2.45, 2.75) is 30.9 Å². The number of likely N-dealkylation sites (tertiary alicyclic amines) is 1. The highest BCUT2D eigenvalue weighted by atomic mass is 32.2. The van der Waals surface area contributed by atoms with E-state index < -0.39 is 45.3 Å². The van der Waals surface area contributed by atoms with E-state index >= 15 is 0 Å². The first kappa shape index (κ1) is 23.7. The van der Waals surface area contributed by atoms with Crippen molar-refractivity contribution in [3.05, 3.63) is 93.9 Å². The molecule has 1 unspecified atom stereocenters. The van der Waals surface area contributed by atoms with Gasteiger partial charge < -0.3 is 10.0 Å². The fourth-order valence-corrected chi connectivity index (χ4v) is 5.15. The molecule has 1 aliphatic rings. The number of benzene rings is 2. The van der Waals surface area contributed by atoms with Crippen LogP contribution >= 0.6 is 0 Å². The van der Waals surface area contributed by atoms with Gasteiger partial charge in [0.2, 0.25) is 5.43 Å². The zero-order valence-corrected chi connectivity index (χ0v) is 19.3. The minimum absolute atomic E-state index is 0.305. The molecule has 2 N–H and O–H groups in total. The number of carbonyl (C=O) groups excluding carboxylic acids is 1. The molecule has 9 nitrogen and oxygen atoms in total. The third kappa shape index (κ3) is 5.02. The Balaban J connectivity index is 1.81. The summed E-state index contributed by atoms with van der Waals surface area (Å²) in [6.07, 6.45) is 1.99. The normalized spacial score (nSPS) is 17.1. The molecule has 4 rings (SSSR count). The van der Waals surface area contributed by atoms with Crippen LogP contribution in [0.5, 0.6) is 5.75 Å². The molecule has 2 heterocycles. The van der Waals surface area contributed by atoms with E-state index in [1.807, 2.05) is 60.7 Å². The number of hydrogen-bond donors (Lipinski definition) is 2. The van der Waals surface area contributed by atoms with Crippen molar-refractivity contribution in [2.75, 3.05) is 12.8 Å². The van der Waals surface area contributed by atoms with Crippen LogP contribution in [0.4, 0.5) is 0 Å². The Kier molecular flexibility index (Phi) is 6.80. The van der Waals surface area contributed by atoms with Crippen molar-refractivity contribution in [1.82, 2.24) is 15.1 Å². The Morgan fingerprint density at radius 3 is 2.26 bits per heavy atom. The molecule has 0 radical (unpaired) electrons. The largest absolute Gasteiger partial charge is 0.502 e. The number of amides is 1. The van der Waals surface area contributed by atoms with E-state index in [1.165, 1.54) is 4.90 Å². The van der Waals surface area contributed by atoms with Crippen LogP contribution in [0.1, 0.15) is 40.4 Å². The van der Waals surface area contributed by atoms with Crippen molar-refractivity contribution in [1.29, 1.82) is 0 Å². The number of H-pyrrole nitrogens is 1. The summed E-state index contributed by atoms with van der Waals surface area (Å²) in [5.41, 5.74) is 0.542. The molecule has 0 aliphatic carbocycles. The van der Waals surface area contributed by atoms with Crippen LogP contribution in [0.3, 0.4) is 0 Å². The first-order valence-corrected chi connectivity index (χ1v) is 12.6. The summed E-state index contributed by atoms with van der Waals surface area (Å²) in [5, 5.41) is 16.2. The maximum atomic E-state index is 13.3. The molecule has 0 saturated carbocycles. The topological polar surface area (TPSA) is 130 Å². The molecule has 1 saturated heterocycles. The van der Waals surface area contributed by atoms with Gasteiger partial charge in [0.05, 0.1) is 18.5 Å². The summed E-state index contributed by atoms with van der Waals surface area (Å²) in [6.45, 7) is 0.305. The fraction of sp³-hybridized carbons (Fsp3) is 0.292. The smallest absolute Gasteiger partial charge is 0.276 e. The molecule has 10 heteroatoms. The van der Waals surface area contributed by atoms with Gasteiger partial charge >= 0.3 is 0 Å². The lowest BCUT2D eigenvalue weighted by molar-refractivity contribution is 0.0526. The van der Waals surface area contributed by atoms with Crippen LogP contribution in [0, 0.1) is 0 Å². The highest BCUT2D eigenvalue weighted by Gasteiger charge is 2.43. The van der Waals surface area contributed by atoms with Crippen molar-refractivity contribution < 1.29 is 22.5 Å². The SMILES string of the molecule is CS(=O)(=O)OC(C(c1ccccc1)c1ccccc1)[C@H]1CCCN1C(=O)c1[nH]ncc(=O)c1O. The monoisotopic (exact) mass is 483 g/mol.